The lowest BCUT2D eigenvalue weighted by Crippen LogP contribution is -2.14. The van der Waals surface area contributed by atoms with E-state index >= 15 is 0 Å². The number of nitrogens with zero attached hydrogens (tertiary/aromatic N) is 2. The molecule has 1 amide bonds. The van der Waals surface area contributed by atoms with E-state index in [4.69, 9.17) is 23.2 Å². The lowest BCUT2D eigenvalue weighted by atomic mass is 10.1. The van der Waals surface area contributed by atoms with Crippen molar-refractivity contribution in [3.05, 3.63) is 74.4 Å². The van der Waals surface area contributed by atoms with Crippen molar-refractivity contribution >= 4 is 51.9 Å². The van der Waals surface area contributed by atoms with Crippen molar-refractivity contribution in [3.8, 4) is 0 Å². The molecule has 1 N–H and O–H groups in total. The predicted molar refractivity (Wildman–Crippen MR) is 103 cm³/mol. The molecule has 5 nitrogen and oxygen atoms in total. The second-order valence-electron chi connectivity index (χ2n) is 5.49. The van der Waals surface area contributed by atoms with Gasteiger partial charge in [0.15, 0.2) is 5.78 Å². The number of aromatic nitrogens is 2. The van der Waals surface area contributed by atoms with E-state index in [0.717, 1.165) is 5.56 Å². The highest BCUT2D eigenvalue weighted by Crippen LogP contribution is 2.23. The molecule has 26 heavy (non-hydrogen) atoms. The van der Waals surface area contributed by atoms with Crippen LogP contribution >= 0.6 is 34.5 Å². The van der Waals surface area contributed by atoms with Crippen molar-refractivity contribution in [1.29, 1.82) is 0 Å². The van der Waals surface area contributed by atoms with Crippen LogP contribution in [0.4, 0.5) is 5.69 Å². The average Bonchev–Trinajstić information content (AvgIpc) is 3.15. The van der Waals surface area contributed by atoms with Crippen LogP contribution in [0.5, 0.6) is 0 Å². The minimum atomic E-state index is -0.198. The Bertz CT molecular complexity index is 928. The summed E-state index contributed by atoms with van der Waals surface area (Å²) in [5, 5.41) is 5.32. The third-order valence-electron chi connectivity index (χ3n) is 3.52. The maximum absolute atomic E-state index is 12.1. The lowest BCUT2D eigenvalue weighted by Gasteiger charge is -2.07. The summed E-state index contributed by atoms with van der Waals surface area (Å²) in [6.07, 6.45) is 1.86. The van der Waals surface area contributed by atoms with Gasteiger partial charge in [-0.1, -0.05) is 29.3 Å². The number of halogens is 2. The van der Waals surface area contributed by atoms with Crippen LogP contribution in [0.3, 0.4) is 0 Å². The quantitative estimate of drug-likeness (QED) is 0.614. The van der Waals surface area contributed by atoms with Crippen molar-refractivity contribution in [2.24, 2.45) is 0 Å². The molecule has 0 saturated carbocycles. The zero-order chi connectivity index (χ0) is 18.5. The summed E-state index contributed by atoms with van der Waals surface area (Å²) in [5.74, 6) is -0.286. The molecule has 0 spiro atoms. The summed E-state index contributed by atoms with van der Waals surface area (Å²) in [6, 6.07) is 8.48. The Morgan fingerprint density at radius 1 is 1.04 bits per heavy atom. The highest BCUT2D eigenvalue weighted by atomic mass is 35.5. The molecular formula is C18H13Cl2N3O2S. The van der Waals surface area contributed by atoms with Gasteiger partial charge in [-0.25, -0.2) is 4.98 Å². The fraction of sp³-hybridized carbons (Fsp3) is 0.111. The third kappa shape index (κ3) is 4.88. The van der Waals surface area contributed by atoms with Crippen molar-refractivity contribution in [3.63, 3.8) is 0 Å². The molecule has 0 atom stereocenters. The van der Waals surface area contributed by atoms with Gasteiger partial charge in [-0.2, -0.15) is 0 Å². The van der Waals surface area contributed by atoms with E-state index in [2.05, 4.69) is 15.3 Å². The molecule has 0 bridgehead atoms. The number of rotatable bonds is 6. The van der Waals surface area contributed by atoms with Crippen LogP contribution < -0.4 is 5.32 Å². The van der Waals surface area contributed by atoms with Gasteiger partial charge >= 0.3 is 0 Å². The Morgan fingerprint density at radius 2 is 1.88 bits per heavy atom. The normalized spacial score (nSPS) is 10.5. The van der Waals surface area contributed by atoms with E-state index in [-0.39, 0.29) is 24.5 Å². The Morgan fingerprint density at radius 3 is 2.54 bits per heavy atom. The molecule has 132 valence electrons. The van der Waals surface area contributed by atoms with Gasteiger partial charge in [0.05, 0.1) is 40.3 Å². The van der Waals surface area contributed by atoms with Crippen LogP contribution in [0.1, 0.15) is 21.7 Å². The standard InChI is InChI=1S/C18H13Cl2N3O2S/c19-14-4-1-11(5-15(14)20)6-18(25)23-13-3-2-12(21-8-13)7-17(24)16-9-26-10-22-16/h1-5,8-10H,6-7H2,(H,23,25). The van der Waals surface area contributed by atoms with Crippen molar-refractivity contribution < 1.29 is 9.59 Å². The Labute approximate surface area is 164 Å². The fourth-order valence-corrected chi connectivity index (χ4v) is 3.13. The van der Waals surface area contributed by atoms with Crippen molar-refractivity contribution in [2.45, 2.75) is 12.8 Å². The summed E-state index contributed by atoms with van der Waals surface area (Å²) in [7, 11) is 0. The van der Waals surface area contributed by atoms with Gasteiger partial charge in [0.2, 0.25) is 5.91 Å². The molecule has 2 heterocycles. The third-order valence-corrected chi connectivity index (χ3v) is 4.84. The van der Waals surface area contributed by atoms with E-state index < -0.39 is 0 Å². The second-order valence-corrected chi connectivity index (χ2v) is 7.02. The highest BCUT2D eigenvalue weighted by molar-refractivity contribution is 7.07. The first kappa shape index (κ1) is 18.5. The Hall–Kier alpha value is -2.28. The maximum Gasteiger partial charge on any atom is 0.228 e. The van der Waals surface area contributed by atoms with Crippen LogP contribution in [0.15, 0.2) is 47.4 Å². The fourth-order valence-electron chi connectivity index (χ4n) is 2.25. The van der Waals surface area contributed by atoms with Crippen LogP contribution in [0, 0.1) is 0 Å². The smallest absolute Gasteiger partial charge is 0.228 e. The SMILES string of the molecule is O=C(Cc1ccc(Cl)c(Cl)c1)Nc1ccc(CC(=O)c2cscn2)nc1. The van der Waals surface area contributed by atoms with E-state index in [1.165, 1.54) is 17.5 Å². The number of nitrogens with one attached hydrogen (secondary N) is 1. The molecule has 8 heteroatoms. The Balaban J connectivity index is 1.57. The largest absolute Gasteiger partial charge is 0.324 e. The molecule has 0 aliphatic carbocycles. The molecule has 2 aromatic heterocycles. The zero-order valence-corrected chi connectivity index (χ0v) is 15.7. The van der Waals surface area contributed by atoms with Gasteiger partial charge in [0.25, 0.3) is 0 Å². The van der Waals surface area contributed by atoms with E-state index in [9.17, 15) is 9.59 Å². The first-order chi connectivity index (χ1) is 12.5. The molecule has 0 aliphatic heterocycles. The molecule has 0 unspecified atom stereocenters. The van der Waals surface area contributed by atoms with Crippen LogP contribution in [0.25, 0.3) is 0 Å². The first-order valence-corrected chi connectivity index (χ1v) is 9.31. The zero-order valence-electron chi connectivity index (χ0n) is 13.4. The lowest BCUT2D eigenvalue weighted by molar-refractivity contribution is -0.115. The molecule has 0 aliphatic rings. The van der Waals surface area contributed by atoms with Crippen molar-refractivity contribution in [1.82, 2.24) is 9.97 Å². The van der Waals surface area contributed by atoms with Crippen molar-refractivity contribution in [2.75, 3.05) is 5.32 Å². The minimum absolute atomic E-state index is 0.0878. The number of amides is 1. The molecule has 3 rings (SSSR count). The van der Waals surface area contributed by atoms with Gasteiger partial charge in [0.1, 0.15) is 5.69 Å². The number of anilines is 1. The summed E-state index contributed by atoms with van der Waals surface area (Å²) in [6.45, 7) is 0. The maximum atomic E-state index is 12.1. The topological polar surface area (TPSA) is 72.0 Å². The van der Waals surface area contributed by atoms with Gasteiger partial charge in [-0.15, -0.1) is 11.3 Å². The summed E-state index contributed by atoms with van der Waals surface area (Å²) >= 11 is 13.2. The van der Waals surface area contributed by atoms with E-state index in [0.29, 0.717) is 27.1 Å². The molecule has 0 saturated heterocycles. The molecule has 3 aromatic rings. The van der Waals surface area contributed by atoms with Gasteiger partial charge < -0.3 is 5.32 Å². The molecule has 1 aromatic carbocycles. The summed E-state index contributed by atoms with van der Waals surface area (Å²) in [5.41, 5.74) is 3.99. The number of hydrogen-bond acceptors (Lipinski definition) is 5. The van der Waals surface area contributed by atoms with Crippen LogP contribution in [-0.4, -0.2) is 21.7 Å². The number of thiazole rings is 1. The number of pyridine rings is 1. The number of ketones is 1. The van der Waals surface area contributed by atoms with Crippen LogP contribution in [0.2, 0.25) is 10.0 Å². The van der Waals surface area contributed by atoms with Gasteiger partial charge in [-0.05, 0) is 29.8 Å². The predicted octanol–water partition coefficient (Wildman–Crippen LogP) is 4.45. The van der Waals surface area contributed by atoms with Gasteiger partial charge in [-0.3, -0.25) is 14.6 Å². The van der Waals surface area contributed by atoms with E-state index in [1.807, 2.05) is 0 Å². The Kier molecular flexibility index (Phi) is 5.98. The highest BCUT2D eigenvalue weighted by Gasteiger charge is 2.11. The molecular weight excluding hydrogens is 393 g/mol. The van der Waals surface area contributed by atoms with E-state index in [1.54, 1.807) is 41.2 Å². The number of carbonyl (C=O) groups is 2. The van der Waals surface area contributed by atoms with Crippen LogP contribution in [-0.2, 0) is 17.6 Å². The number of benzene rings is 1. The number of carbonyl (C=O) groups excluding carboxylic acids is 2. The van der Waals surface area contributed by atoms with Gasteiger partial charge in [0, 0.05) is 11.1 Å². The first-order valence-electron chi connectivity index (χ1n) is 7.61. The second kappa shape index (κ2) is 8.40. The number of hydrogen-bond donors (Lipinski definition) is 1. The summed E-state index contributed by atoms with van der Waals surface area (Å²) < 4.78 is 0. The average molecular weight is 406 g/mol. The minimum Gasteiger partial charge on any atom is -0.324 e. The monoisotopic (exact) mass is 405 g/mol. The summed E-state index contributed by atoms with van der Waals surface area (Å²) in [4.78, 5) is 32.3. The molecule has 0 radical (unpaired) electrons. The number of Topliss-reactive ketones (excluding diaryl/α,β-unsaturated/α-hetero) is 1. The molecule has 0 fully saturated rings.